The third-order valence-corrected chi connectivity index (χ3v) is 1.42. The number of unbranched alkanes of at least 4 members (excludes halogenated alkanes) is 1. The summed E-state index contributed by atoms with van der Waals surface area (Å²) in [6.45, 7) is 5.93. The van der Waals surface area contributed by atoms with E-state index < -0.39 is 0 Å². The molecule has 0 rings (SSSR count). The van der Waals surface area contributed by atoms with E-state index in [9.17, 15) is 0 Å². The zero-order chi connectivity index (χ0) is 6.41. The molecular formula is C7H13Li. The summed E-state index contributed by atoms with van der Waals surface area (Å²) in [4.78, 5) is 0. The van der Waals surface area contributed by atoms with Crippen LogP contribution in [-0.2, 0) is 0 Å². The minimum absolute atomic E-state index is 0.718. The van der Waals surface area contributed by atoms with E-state index in [0.29, 0.717) is 0 Å². The fourth-order valence-corrected chi connectivity index (χ4v) is 0.644. The van der Waals surface area contributed by atoms with Crippen LogP contribution in [0.3, 0.4) is 0 Å². The predicted octanol–water partition coefficient (Wildman–Crippen LogP) is 2.32. The van der Waals surface area contributed by atoms with Gasteiger partial charge in [0.15, 0.2) is 0 Å². The molecule has 0 aromatic heterocycles. The van der Waals surface area contributed by atoms with Crippen LogP contribution in [0, 0.1) is 0 Å². The average molecular weight is 104 g/mol. The Kier molecular flexibility index (Phi) is 5.70. The SMILES string of the molecule is [Li][CH](C=C)CCCC. The number of hydrogen-bond donors (Lipinski definition) is 0. The van der Waals surface area contributed by atoms with E-state index in [1.807, 2.05) is 6.08 Å². The third kappa shape index (κ3) is 4.50. The third-order valence-electron chi connectivity index (χ3n) is 1.42. The summed E-state index contributed by atoms with van der Waals surface area (Å²) in [7, 11) is 0. The molecule has 0 aromatic carbocycles. The van der Waals surface area contributed by atoms with Crippen molar-refractivity contribution in [2.75, 3.05) is 0 Å². The van der Waals surface area contributed by atoms with Crippen LogP contribution in [0.1, 0.15) is 26.2 Å². The topological polar surface area (TPSA) is 0 Å². The first-order valence-corrected chi connectivity index (χ1v) is 3.43. The monoisotopic (exact) mass is 104 g/mol. The molecule has 0 fully saturated rings. The average Bonchev–Trinajstić information content (AvgIpc) is 1.83. The van der Waals surface area contributed by atoms with Crippen LogP contribution < -0.4 is 0 Å². The Morgan fingerprint density at radius 2 is 2.38 bits per heavy atom. The number of hydrogen-bond acceptors (Lipinski definition) is 0. The molecule has 0 N–H and O–H groups in total. The van der Waals surface area contributed by atoms with Gasteiger partial charge in [0.1, 0.15) is 0 Å². The first-order chi connectivity index (χ1) is 3.81. The van der Waals surface area contributed by atoms with E-state index in [-0.39, 0.29) is 0 Å². The second-order valence-electron chi connectivity index (χ2n) is 2.36. The maximum atomic E-state index is 3.71. The molecule has 0 radical (unpaired) electrons. The molecule has 0 saturated heterocycles. The van der Waals surface area contributed by atoms with Crippen LogP contribution in [0.5, 0.6) is 0 Å². The van der Waals surface area contributed by atoms with Gasteiger partial charge in [0.05, 0.1) is 0 Å². The number of rotatable bonds is 4. The molecule has 0 bridgehead atoms. The van der Waals surface area contributed by atoms with Crippen molar-refractivity contribution in [1.82, 2.24) is 0 Å². The van der Waals surface area contributed by atoms with Crippen molar-refractivity contribution in [2.45, 2.75) is 30.8 Å². The van der Waals surface area contributed by atoms with E-state index >= 15 is 0 Å². The van der Waals surface area contributed by atoms with Gasteiger partial charge in [-0.2, -0.15) is 0 Å². The Balaban J connectivity index is 2.98. The number of allylic oxidation sites excluding steroid dienone is 1. The van der Waals surface area contributed by atoms with Gasteiger partial charge in [-0.15, -0.1) is 0 Å². The first-order valence-electron chi connectivity index (χ1n) is 3.43. The Hall–Kier alpha value is 0.337. The summed E-state index contributed by atoms with van der Waals surface area (Å²) in [5.41, 5.74) is 0. The standard InChI is InChI=1S/C7H13.Li/c1-3-5-7-6-4-2;/h3,5H,1,4,6-7H2,2H3;. The van der Waals surface area contributed by atoms with Crippen LogP contribution in [0.25, 0.3) is 0 Å². The summed E-state index contributed by atoms with van der Waals surface area (Å²) >= 11 is 2.21. The van der Waals surface area contributed by atoms with Crippen molar-refractivity contribution in [2.24, 2.45) is 0 Å². The summed E-state index contributed by atoms with van der Waals surface area (Å²) < 4.78 is 0.718. The van der Waals surface area contributed by atoms with E-state index in [4.69, 9.17) is 0 Å². The van der Waals surface area contributed by atoms with Crippen LogP contribution >= 0.6 is 0 Å². The molecule has 8 heavy (non-hydrogen) atoms. The zero-order valence-electron chi connectivity index (χ0n) is 5.98. The molecule has 1 atom stereocenters. The minimum atomic E-state index is 0.718. The van der Waals surface area contributed by atoms with Gasteiger partial charge in [-0.05, 0) is 0 Å². The van der Waals surface area contributed by atoms with Gasteiger partial charge in [0, 0.05) is 0 Å². The summed E-state index contributed by atoms with van der Waals surface area (Å²) in [5.74, 6) is 0. The van der Waals surface area contributed by atoms with E-state index in [0.717, 1.165) is 4.59 Å². The fourth-order valence-electron chi connectivity index (χ4n) is 0.644. The van der Waals surface area contributed by atoms with E-state index in [2.05, 4.69) is 31.2 Å². The van der Waals surface area contributed by atoms with Crippen molar-refractivity contribution < 1.29 is 0 Å². The Labute approximate surface area is 61.6 Å². The fraction of sp³-hybridized carbons (Fsp3) is 0.714. The van der Waals surface area contributed by atoms with Crippen LogP contribution in [0.4, 0.5) is 0 Å². The van der Waals surface area contributed by atoms with Gasteiger partial charge < -0.3 is 0 Å². The second-order valence-corrected chi connectivity index (χ2v) is 2.36. The summed E-state index contributed by atoms with van der Waals surface area (Å²) in [6.07, 6.45) is 5.97. The molecule has 1 unspecified atom stereocenters. The molecule has 0 aromatic rings. The first kappa shape index (κ1) is 8.34. The van der Waals surface area contributed by atoms with Gasteiger partial charge in [0.25, 0.3) is 0 Å². The van der Waals surface area contributed by atoms with Crippen molar-refractivity contribution in [3.8, 4) is 0 Å². The zero-order valence-corrected chi connectivity index (χ0v) is 5.98. The molecule has 0 aliphatic heterocycles. The molecule has 0 amide bonds. The molecule has 0 saturated carbocycles. The van der Waals surface area contributed by atoms with Crippen molar-refractivity contribution in [3.63, 3.8) is 0 Å². The Morgan fingerprint density at radius 3 is 2.75 bits per heavy atom. The predicted molar refractivity (Wildman–Crippen MR) is 39.2 cm³/mol. The maximum absolute atomic E-state index is 3.71. The van der Waals surface area contributed by atoms with Gasteiger partial charge in [-0.3, -0.25) is 0 Å². The molecule has 0 heterocycles. The van der Waals surface area contributed by atoms with Crippen molar-refractivity contribution >= 4 is 17.7 Å². The van der Waals surface area contributed by atoms with Crippen molar-refractivity contribution in [1.29, 1.82) is 0 Å². The van der Waals surface area contributed by atoms with Crippen LogP contribution in [0.15, 0.2) is 12.7 Å². The van der Waals surface area contributed by atoms with E-state index in [1.54, 1.807) is 0 Å². The second kappa shape index (κ2) is 5.47. The quantitative estimate of drug-likeness (QED) is 0.379. The summed E-state index contributed by atoms with van der Waals surface area (Å²) in [6, 6.07) is 0. The Bertz CT molecular complexity index is 59.4. The van der Waals surface area contributed by atoms with Crippen LogP contribution in [0.2, 0.25) is 4.59 Å². The van der Waals surface area contributed by atoms with Crippen LogP contribution in [-0.4, -0.2) is 17.7 Å². The molecule has 0 aliphatic rings. The molecule has 1 heteroatoms. The van der Waals surface area contributed by atoms with Gasteiger partial charge in [-0.25, -0.2) is 0 Å². The van der Waals surface area contributed by atoms with Gasteiger partial charge in [0.2, 0.25) is 0 Å². The molecular weight excluding hydrogens is 91.0 g/mol. The molecule has 0 spiro atoms. The molecule has 42 valence electrons. The van der Waals surface area contributed by atoms with Crippen molar-refractivity contribution in [3.05, 3.63) is 12.7 Å². The summed E-state index contributed by atoms with van der Waals surface area (Å²) in [5, 5.41) is 0. The molecule has 0 nitrogen and oxygen atoms in total. The normalized spacial score (nSPS) is 13.4. The van der Waals surface area contributed by atoms with Gasteiger partial charge >= 0.3 is 61.1 Å². The van der Waals surface area contributed by atoms with E-state index in [1.165, 1.54) is 19.3 Å². The van der Waals surface area contributed by atoms with Gasteiger partial charge in [-0.1, -0.05) is 0 Å². The molecule has 0 aliphatic carbocycles. The Morgan fingerprint density at radius 1 is 1.75 bits per heavy atom.